The Kier molecular flexibility index (Phi) is 4.60. The van der Waals surface area contributed by atoms with Crippen LogP contribution in [-0.2, 0) is 16.1 Å². The molecule has 1 atom stereocenters. The van der Waals surface area contributed by atoms with Gasteiger partial charge in [0.05, 0.1) is 0 Å². The molecular weight excluding hydrogens is 234 g/mol. The van der Waals surface area contributed by atoms with Crippen LogP contribution in [0.5, 0.6) is 0 Å². The number of carbonyl (C=O) groups excluding carboxylic acids is 1. The molecule has 3 nitrogen and oxygen atoms in total. The molecule has 0 unspecified atom stereocenters. The van der Waals surface area contributed by atoms with Crippen LogP contribution in [0.25, 0.3) is 0 Å². The van der Waals surface area contributed by atoms with Crippen LogP contribution < -0.4 is 5.73 Å². The predicted molar refractivity (Wildman–Crippen MR) is 72.0 cm³/mol. The number of esters is 1. The lowest BCUT2D eigenvalue weighted by Gasteiger charge is -2.24. The third-order valence-electron chi connectivity index (χ3n) is 2.52. The first-order valence-corrected chi connectivity index (χ1v) is 5.95. The summed E-state index contributed by atoms with van der Waals surface area (Å²) in [7, 11) is 0. The molecule has 1 aromatic rings. The number of ether oxygens (including phenoxy) is 1. The third-order valence-corrected chi connectivity index (χ3v) is 2.79. The van der Waals surface area contributed by atoms with Crippen LogP contribution in [0.1, 0.15) is 25.0 Å². The maximum Gasteiger partial charge on any atom is 0.324 e. The van der Waals surface area contributed by atoms with E-state index in [1.54, 1.807) is 13.8 Å². The molecule has 0 aliphatic carbocycles. The summed E-state index contributed by atoms with van der Waals surface area (Å²) in [6.45, 7) is 5.83. The molecule has 1 aromatic carbocycles. The SMILES string of the molecule is Cc1ccc(COC(=O)[C@@H](N)C(C)(C)S)cc1. The lowest BCUT2D eigenvalue weighted by molar-refractivity contribution is -0.147. The van der Waals surface area contributed by atoms with Crippen LogP contribution in [0, 0.1) is 6.92 Å². The molecule has 17 heavy (non-hydrogen) atoms. The van der Waals surface area contributed by atoms with Gasteiger partial charge in [-0.1, -0.05) is 29.8 Å². The Hall–Kier alpha value is -1.00. The minimum absolute atomic E-state index is 0.247. The molecule has 4 heteroatoms. The van der Waals surface area contributed by atoms with Gasteiger partial charge in [-0.3, -0.25) is 4.79 Å². The van der Waals surface area contributed by atoms with E-state index in [2.05, 4.69) is 12.6 Å². The van der Waals surface area contributed by atoms with Crippen molar-refractivity contribution in [1.82, 2.24) is 0 Å². The van der Waals surface area contributed by atoms with Crippen molar-refractivity contribution in [1.29, 1.82) is 0 Å². The quantitative estimate of drug-likeness (QED) is 0.638. The van der Waals surface area contributed by atoms with Crippen molar-refractivity contribution in [3.8, 4) is 0 Å². The molecule has 0 bridgehead atoms. The van der Waals surface area contributed by atoms with E-state index < -0.39 is 16.8 Å². The van der Waals surface area contributed by atoms with Crippen molar-refractivity contribution in [2.24, 2.45) is 5.73 Å². The van der Waals surface area contributed by atoms with Crippen molar-refractivity contribution in [3.63, 3.8) is 0 Å². The monoisotopic (exact) mass is 253 g/mol. The summed E-state index contributed by atoms with van der Waals surface area (Å²) in [6, 6.07) is 7.09. The average Bonchev–Trinajstić information content (AvgIpc) is 2.25. The van der Waals surface area contributed by atoms with Crippen molar-refractivity contribution < 1.29 is 9.53 Å². The van der Waals surface area contributed by atoms with E-state index in [0.717, 1.165) is 5.56 Å². The highest BCUT2D eigenvalue weighted by Gasteiger charge is 2.29. The number of benzene rings is 1. The van der Waals surface area contributed by atoms with Crippen molar-refractivity contribution in [2.45, 2.75) is 38.2 Å². The lowest BCUT2D eigenvalue weighted by Crippen LogP contribution is -2.46. The van der Waals surface area contributed by atoms with Gasteiger partial charge in [0.1, 0.15) is 12.6 Å². The Morgan fingerprint density at radius 2 is 1.94 bits per heavy atom. The maximum absolute atomic E-state index is 11.6. The second-order valence-corrected chi connectivity index (χ2v) is 5.88. The topological polar surface area (TPSA) is 52.3 Å². The number of thiol groups is 1. The number of rotatable bonds is 4. The fourth-order valence-electron chi connectivity index (χ4n) is 1.22. The number of carbonyl (C=O) groups is 1. The Morgan fingerprint density at radius 1 is 1.41 bits per heavy atom. The molecule has 0 aliphatic heterocycles. The van der Waals surface area contributed by atoms with Gasteiger partial charge in [-0.15, -0.1) is 0 Å². The van der Waals surface area contributed by atoms with Crippen molar-refractivity contribution in [2.75, 3.05) is 0 Å². The molecule has 94 valence electrons. The predicted octanol–water partition coefficient (Wildman–Crippen LogP) is 2.07. The van der Waals surface area contributed by atoms with Crippen LogP contribution >= 0.6 is 12.6 Å². The second kappa shape index (κ2) is 5.56. The molecule has 1 rings (SSSR count). The largest absolute Gasteiger partial charge is 0.460 e. The van der Waals surface area contributed by atoms with Crippen LogP contribution in [0.2, 0.25) is 0 Å². The van der Waals surface area contributed by atoms with E-state index in [4.69, 9.17) is 10.5 Å². The summed E-state index contributed by atoms with van der Waals surface area (Å²) < 4.78 is 4.56. The minimum atomic E-state index is -0.726. The molecule has 0 amide bonds. The van der Waals surface area contributed by atoms with Crippen molar-refractivity contribution >= 4 is 18.6 Å². The first-order valence-electron chi connectivity index (χ1n) is 5.51. The van der Waals surface area contributed by atoms with Gasteiger partial charge in [0.25, 0.3) is 0 Å². The normalized spacial score (nSPS) is 13.2. The second-order valence-electron chi connectivity index (χ2n) is 4.72. The van der Waals surface area contributed by atoms with E-state index in [1.165, 1.54) is 5.56 Å². The summed E-state index contributed by atoms with van der Waals surface area (Å²) in [5.41, 5.74) is 7.86. The Bertz CT molecular complexity index is 381. The van der Waals surface area contributed by atoms with Gasteiger partial charge in [-0.05, 0) is 26.3 Å². The molecular formula is C13H19NO2S. The Balaban J connectivity index is 2.51. The average molecular weight is 253 g/mol. The molecule has 0 radical (unpaired) electrons. The zero-order valence-electron chi connectivity index (χ0n) is 10.4. The summed E-state index contributed by atoms with van der Waals surface area (Å²) in [6.07, 6.45) is 0. The number of hydrogen-bond acceptors (Lipinski definition) is 4. The summed E-state index contributed by atoms with van der Waals surface area (Å²) >= 11 is 4.26. The summed E-state index contributed by atoms with van der Waals surface area (Å²) in [5, 5.41) is 0. The number of nitrogens with two attached hydrogens (primary N) is 1. The molecule has 0 saturated heterocycles. The van der Waals surface area contributed by atoms with Gasteiger partial charge in [0.15, 0.2) is 0 Å². The summed E-state index contributed by atoms with van der Waals surface area (Å²) in [4.78, 5) is 11.6. The van der Waals surface area contributed by atoms with Crippen molar-refractivity contribution in [3.05, 3.63) is 35.4 Å². The van der Waals surface area contributed by atoms with Gasteiger partial charge in [-0.25, -0.2) is 0 Å². The first-order chi connectivity index (χ1) is 7.80. The maximum atomic E-state index is 11.6. The number of hydrogen-bond donors (Lipinski definition) is 2. The van der Waals surface area contributed by atoms with Gasteiger partial charge < -0.3 is 10.5 Å². The molecule has 0 fully saturated rings. The Morgan fingerprint density at radius 3 is 2.41 bits per heavy atom. The molecule has 2 N–H and O–H groups in total. The number of aryl methyl sites for hydroxylation is 1. The van der Waals surface area contributed by atoms with Gasteiger partial charge in [-0.2, -0.15) is 12.6 Å². The minimum Gasteiger partial charge on any atom is -0.460 e. The van der Waals surface area contributed by atoms with E-state index in [1.807, 2.05) is 31.2 Å². The van der Waals surface area contributed by atoms with Gasteiger partial charge in [0.2, 0.25) is 0 Å². The zero-order valence-corrected chi connectivity index (χ0v) is 11.3. The Labute approximate surface area is 108 Å². The zero-order chi connectivity index (χ0) is 13.1. The molecule has 0 spiro atoms. The molecule has 0 heterocycles. The highest BCUT2D eigenvalue weighted by Crippen LogP contribution is 2.17. The standard InChI is InChI=1S/C13H19NO2S/c1-9-4-6-10(7-5-9)8-16-12(15)11(14)13(2,3)17/h4-7,11,17H,8,14H2,1-3H3/t11-/m1/s1. The lowest BCUT2D eigenvalue weighted by atomic mass is 10.0. The summed E-state index contributed by atoms with van der Waals surface area (Å²) in [5.74, 6) is -0.425. The van der Waals surface area contributed by atoms with E-state index >= 15 is 0 Å². The van der Waals surface area contributed by atoms with Crippen LogP contribution in [0.15, 0.2) is 24.3 Å². The van der Waals surface area contributed by atoms with E-state index in [0.29, 0.717) is 0 Å². The molecule has 0 saturated carbocycles. The van der Waals surface area contributed by atoms with Gasteiger partial charge in [0, 0.05) is 4.75 Å². The molecule has 0 aliphatic rings. The van der Waals surface area contributed by atoms with E-state index in [-0.39, 0.29) is 6.61 Å². The van der Waals surface area contributed by atoms with Gasteiger partial charge >= 0.3 is 5.97 Å². The van der Waals surface area contributed by atoms with Crippen LogP contribution in [-0.4, -0.2) is 16.8 Å². The molecule has 0 aromatic heterocycles. The van der Waals surface area contributed by atoms with Crippen LogP contribution in [0.4, 0.5) is 0 Å². The van der Waals surface area contributed by atoms with E-state index in [9.17, 15) is 4.79 Å². The highest BCUT2D eigenvalue weighted by molar-refractivity contribution is 7.81. The highest BCUT2D eigenvalue weighted by atomic mass is 32.1. The fraction of sp³-hybridized carbons (Fsp3) is 0.462. The third kappa shape index (κ3) is 4.40. The smallest absolute Gasteiger partial charge is 0.324 e. The van der Waals surface area contributed by atoms with Crippen LogP contribution in [0.3, 0.4) is 0 Å². The first kappa shape index (κ1) is 14.1. The fourth-order valence-corrected chi connectivity index (χ4v) is 1.32.